The summed E-state index contributed by atoms with van der Waals surface area (Å²) in [6.07, 6.45) is 1.24. The number of thioether (sulfide) groups is 1. The summed E-state index contributed by atoms with van der Waals surface area (Å²) in [5, 5.41) is 12.5. The summed E-state index contributed by atoms with van der Waals surface area (Å²) in [7, 11) is 0. The molecule has 1 aromatic rings. The van der Waals surface area contributed by atoms with Crippen molar-refractivity contribution < 1.29 is 0 Å². The van der Waals surface area contributed by atoms with E-state index in [1.165, 1.54) is 12.2 Å². The Morgan fingerprint density at radius 3 is 2.89 bits per heavy atom. The highest BCUT2D eigenvalue weighted by Gasteiger charge is 2.32. The first-order valence-corrected chi connectivity index (χ1v) is 8.01. The van der Waals surface area contributed by atoms with Crippen molar-refractivity contribution in [1.29, 1.82) is 5.26 Å². The van der Waals surface area contributed by atoms with Crippen LogP contribution in [0.1, 0.15) is 25.8 Å². The molecular weight excluding hydrogens is 308 g/mol. The molecular formula is C14H17BrN2S. The highest BCUT2D eigenvalue weighted by molar-refractivity contribution is 9.10. The van der Waals surface area contributed by atoms with Crippen LogP contribution < -0.4 is 5.32 Å². The number of benzene rings is 1. The van der Waals surface area contributed by atoms with E-state index in [0.29, 0.717) is 17.0 Å². The van der Waals surface area contributed by atoms with Gasteiger partial charge in [-0.25, -0.2) is 0 Å². The smallest absolute Gasteiger partial charge is 0.0992 e. The summed E-state index contributed by atoms with van der Waals surface area (Å²) in [6.45, 7) is 4.64. The minimum absolute atomic E-state index is 0.318. The van der Waals surface area contributed by atoms with Crippen LogP contribution in [0.2, 0.25) is 0 Å². The standard InChI is InChI=1S/C14H17BrN2S/c1-14(2)5-6-18-9-13(14)17-12-4-3-10(8-16)7-11(12)15/h3-4,7,13,17H,5-6,9H2,1-2H3. The van der Waals surface area contributed by atoms with E-state index in [1.54, 1.807) is 0 Å². The van der Waals surface area contributed by atoms with E-state index in [0.717, 1.165) is 15.9 Å². The molecule has 1 fully saturated rings. The van der Waals surface area contributed by atoms with Gasteiger partial charge in [0, 0.05) is 22.0 Å². The third-order valence-corrected chi connectivity index (χ3v) is 5.26. The SMILES string of the molecule is CC1(C)CCSCC1Nc1ccc(C#N)cc1Br. The van der Waals surface area contributed by atoms with Crippen LogP contribution in [0.5, 0.6) is 0 Å². The molecule has 2 rings (SSSR count). The minimum atomic E-state index is 0.318. The van der Waals surface area contributed by atoms with Gasteiger partial charge in [0.15, 0.2) is 0 Å². The van der Waals surface area contributed by atoms with Gasteiger partial charge in [-0.3, -0.25) is 0 Å². The number of hydrogen-bond acceptors (Lipinski definition) is 3. The Labute approximate surface area is 121 Å². The second kappa shape index (κ2) is 5.54. The maximum absolute atomic E-state index is 8.86. The first-order chi connectivity index (χ1) is 8.53. The number of rotatable bonds is 2. The van der Waals surface area contributed by atoms with E-state index in [-0.39, 0.29) is 0 Å². The molecule has 0 amide bonds. The molecule has 0 aliphatic carbocycles. The Morgan fingerprint density at radius 1 is 1.50 bits per heavy atom. The molecule has 0 spiro atoms. The van der Waals surface area contributed by atoms with Gasteiger partial charge in [-0.1, -0.05) is 13.8 Å². The zero-order chi connectivity index (χ0) is 13.2. The van der Waals surface area contributed by atoms with Gasteiger partial charge in [0.1, 0.15) is 0 Å². The minimum Gasteiger partial charge on any atom is -0.380 e. The molecule has 2 nitrogen and oxygen atoms in total. The number of halogens is 1. The molecule has 1 aliphatic rings. The molecule has 1 unspecified atom stereocenters. The van der Waals surface area contributed by atoms with Crippen molar-refractivity contribution in [2.45, 2.75) is 26.3 Å². The van der Waals surface area contributed by atoms with Crippen molar-refractivity contribution in [1.82, 2.24) is 0 Å². The van der Waals surface area contributed by atoms with Gasteiger partial charge in [-0.15, -0.1) is 0 Å². The van der Waals surface area contributed by atoms with Gasteiger partial charge >= 0.3 is 0 Å². The lowest BCUT2D eigenvalue weighted by atomic mass is 9.82. The Bertz CT molecular complexity index is 479. The number of nitrogens with zero attached hydrogens (tertiary/aromatic N) is 1. The van der Waals surface area contributed by atoms with Crippen LogP contribution in [0.25, 0.3) is 0 Å². The van der Waals surface area contributed by atoms with Crippen LogP contribution in [0.15, 0.2) is 22.7 Å². The van der Waals surface area contributed by atoms with E-state index in [1.807, 2.05) is 30.0 Å². The average Bonchev–Trinajstić information content (AvgIpc) is 2.33. The van der Waals surface area contributed by atoms with Crippen LogP contribution in [0.3, 0.4) is 0 Å². The molecule has 0 aromatic heterocycles. The predicted molar refractivity (Wildman–Crippen MR) is 82.0 cm³/mol. The highest BCUT2D eigenvalue weighted by atomic mass is 79.9. The number of anilines is 1. The number of nitrogens with one attached hydrogen (secondary N) is 1. The Kier molecular flexibility index (Phi) is 4.24. The Morgan fingerprint density at radius 2 is 2.28 bits per heavy atom. The fourth-order valence-electron chi connectivity index (χ4n) is 2.06. The summed E-state index contributed by atoms with van der Waals surface area (Å²) >= 11 is 5.54. The second-order valence-electron chi connectivity index (χ2n) is 5.32. The van der Waals surface area contributed by atoms with Crippen LogP contribution in [0, 0.1) is 16.7 Å². The largest absolute Gasteiger partial charge is 0.380 e. The van der Waals surface area contributed by atoms with Crippen LogP contribution in [-0.4, -0.2) is 17.5 Å². The third kappa shape index (κ3) is 3.02. The van der Waals surface area contributed by atoms with E-state index < -0.39 is 0 Å². The quantitative estimate of drug-likeness (QED) is 0.882. The summed E-state index contributed by atoms with van der Waals surface area (Å²) < 4.78 is 0.966. The van der Waals surface area contributed by atoms with E-state index in [4.69, 9.17) is 5.26 Å². The number of nitriles is 1. The zero-order valence-corrected chi connectivity index (χ0v) is 13.1. The fraction of sp³-hybridized carbons (Fsp3) is 0.500. The van der Waals surface area contributed by atoms with Crippen LogP contribution in [-0.2, 0) is 0 Å². The average molecular weight is 325 g/mol. The topological polar surface area (TPSA) is 35.8 Å². The van der Waals surface area contributed by atoms with Crippen LogP contribution in [0.4, 0.5) is 5.69 Å². The summed E-state index contributed by atoms with van der Waals surface area (Å²) in [5.41, 5.74) is 2.08. The monoisotopic (exact) mass is 324 g/mol. The summed E-state index contributed by atoms with van der Waals surface area (Å²) in [6, 6.07) is 8.33. The van der Waals surface area contributed by atoms with E-state index in [9.17, 15) is 0 Å². The van der Waals surface area contributed by atoms with Crippen molar-refractivity contribution in [3.8, 4) is 6.07 Å². The zero-order valence-electron chi connectivity index (χ0n) is 10.7. The van der Waals surface area contributed by atoms with Crippen molar-refractivity contribution in [2.24, 2.45) is 5.41 Å². The van der Waals surface area contributed by atoms with Crippen molar-refractivity contribution in [2.75, 3.05) is 16.8 Å². The first-order valence-electron chi connectivity index (χ1n) is 6.07. The predicted octanol–water partition coefficient (Wildman–Crippen LogP) is 4.26. The molecule has 1 N–H and O–H groups in total. The molecule has 0 bridgehead atoms. The van der Waals surface area contributed by atoms with Gasteiger partial charge in [0.05, 0.1) is 11.6 Å². The lowest BCUT2D eigenvalue weighted by Gasteiger charge is -2.39. The molecule has 0 saturated carbocycles. The van der Waals surface area contributed by atoms with Gasteiger partial charge in [-0.05, 0) is 51.7 Å². The van der Waals surface area contributed by atoms with Crippen molar-refractivity contribution in [3.05, 3.63) is 28.2 Å². The maximum atomic E-state index is 8.86. The molecule has 1 aromatic carbocycles. The Hall–Kier alpha value is -0.660. The third-order valence-electron chi connectivity index (χ3n) is 3.55. The Balaban J connectivity index is 2.16. The lowest BCUT2D eigenvalue weighted by Crippen LogP contribution is -2.41. The molecule has 18 heavy (non-hydrogen) atoms. The summed E-state index contributed by atoms with van der Waals surface area (Å²) in [4.78, 5) is 0. The van der Waals surface area contributed by atoms with Gasteiger partial charge in [0.25, 0.3) is 0 Å². The van der Waals surface area contributed by atoms with Gasteiger partial charge < -0.3 is 5.32 Å². The van der Waals surface area contributed by atoms with Crippen LogP contribution >= 0.6 is 27.7 Å². The second-order valence-corrected chi connectivity index (χ2v) is 7.32. The number of hydrogen-bond donors (Lipinski definition) is 1. The molecule has 4 heteroatoms. The molecule has 1 heterocycles. The fourth-order valence-corrected chi connectivity index (χ4v) is 4.16. The van der Waals surface area contributed by atoms with Gasteiger partial charge in [0.2, 0.25) is 0 Å². The van der Waals surface area contributed by atoms with Crippen molar-refractivity contribution in [3.63, 3.8) is 0 Å². The molecule has 1 atom stereocenters. The van der Waals surface area contributed by atoms with Gasteiger partial charge in [-0.2, -0.15) is 17.0 Å². The molecule has 96 valence electrons. The van der Waals surface area contributed by atoms with E-state index in [2.05, 4.69) is 41.2 Å². The summed E-state index contributed by atoms with van der Waals surface area (Å²) in [5.74, 6) is 2.39. The lowest BCUT2D eigenvalue weighted by molar-refractivity contribution is 0.305. The molecule has 0 radical (unpaired) electrons. The van der Waals surface area contributed by atoms with Crippen molar-refractivity contribution >= 4 is 33.4 Å². The normalized spacial score (nSPS) is 22.2. The molecule has 1 aliphatic heterocycles. The maximum Gasteiger partial charge on any atom is 0.0992 e. The highest BCUT2D eigenvalue weighted by Crippen LogP contribution is 2.37. The first kappa shape index (κ1) is 13.8. The molecule has 1 saturated heterocycles. The van der Waals surface area contributed by atoms with E-state index >= 15 is 0 Å².